The summed E-state index contributed by atoms with van der Waals surface area (Å²) >= 11 is 0. The molecule has 1 aliphatic rings. The first-order valence-electron chi connectivity index (χ1n) is 7.68. The molecule has 23 heavy (non-hydrogen) atoms. The lowest BCUT2D eigenvalue weighted by molar-refractivity contribution is -0.117. The quantitative estimate of drug-likeness (QED) is 0.911. The Bertz CT molecular complexity index is 758. The number of carbonyl (C=O) groups excluding carboxylic acids is 2. The molecule has 0 unspecified atom stereocenters. The van der Waals surface area contributed by atoms with Gasteiger partial charge in [0.25, 0.3) is 5.91 Å². The van der Waals surface area contributed by atoms with Gasteiger partial charge in [0.2, 0.25) is 5.91 Å². The van der Waals surface area contributed by atoms with Gasteiger partial charge in [0.15, 0.2) is 0 Å². The third-order valence-electron chi connectivity index (χ3n) is 4.09. The van der Waals surface area contributed by atoms with Crippen LogP contribution in [-0.2, 0) is 11.8 Å². The first-order chi connectivity index (χ1) is 11.0. The summed E-state index contributed by atoms with van der Waals surface area (Å²) in [6.07, 6.45) is 1.95. The van der Waals surface area contributed by atoms with Crippen molar-refractivity contribution in [1.82, 2.24) is 9.78 Å². The van der Waals surface area contributed by atoms with E-state index in [4.69, 9.17) is 0 Å². The third kappa shape index (κ3) is 3.26. The summed E-state index contributed by atoms with van der Waals surface area (Å²) in [7, 11) is 1.82. The molecule has 0 bridgehead atoms. The van der Waals surface area contributed by atoms with Gasteiger partial charge in [-0.25, -0.2) is 0 Å². The minimum Gasteiger partial charge on any atom is -0.326 e. The molecule has 0 saturated heterocycles. The number of nitrogens with one attached hydrogen (secondary N) is 2. The van der Waals surface area contributed by atoms with Crippen molar-refractivity contribution in [1.29, 1.82) is 0 Å². The zero-order valence-corrected chi connectivity index (χ0v) is 13.5. The van der Waals surface area contributed by atoms with Gasteiger partial charge in [-0.05, 0) is 51.0 Å². The van der Waals surface area contributed by atoms with E-state index in [0.29, 0.717) is 16.9 Å². The average Bonchev–Trinajstić information content (AvgIpc) is 3.30. The molecule has 120 valence electrons. The van der Waals surface area contributed by atoms with Gasteiger partial charge in [-0.2, -0.15) is 5.10 Å². The highest BCUT2D eigenvalue weighted by Gasteiger charge is 2.29. The van der Waals surface area contributed by atoms with Crippen LogP contribution in [0, 0.1) is 19.8 Å². The molecular formula is C17H20N4O2. The molecule has 0 atom stereocenters. The molecule has 2 N–H and O–H groups in total. The fourth-order valence-electron chi connectivity index (χ4n) is 2.52. The van der Waals surface area contributed by atoms with E-state index in [2.05, 4.69) is 15.7 Å². The molecule has 1 fully saturated rings. The van der Waals surface area contributed by atoms with E-state index in [9.17, 15) is 9.59 Å². The number of hydrogen-bond donors (Lipinski definition) is 2. The second-order valence-electron chi connectivity index (χ2n) is 5.96. The highest BCUT2D eigenvalue weighted by Crippen LogP contribution is 2.30. The zero-order valence-electron chi connectivity index (χ0n) is 13.5. The van der Waals surface area contributed by atoms with Crippen LogP contribution in [0.15, 0.2) is 24.3 Å². The molecule has 1 aliphatic carbocycles. The second-order valence-corrected chi connectivity index (χ2v) is 5.96. The van der Waals surface area contributed by atoms with Crippen molar-refractivity contribution in [3.05, 3.63) is 41.2 Å². The summed E-state index contributed by atoms with van der Waals surface area (Å²) in [4.78, 5) is 24.1. The number of carbonyl (C=O) groups is 2. The van der Waals surface area contributed by atoms with E-state index in [1.54, 1.807) is 28.9 Å². The number of anilines is 2. The topological polar surface area (TPSA) is 76.0 Å². The van der Waals surface area contributed by atoms with Gasteiger partial charge in [0.1, 0.15) is 0 Å². The Balaban J connectivity index is 1.67. The summed E-state index contributed by atoms with van der Waals surface area (Å²) < 4.78 is 1.70. The van der Waals surface area contributed by atoms with Crippen LogP contribution in [-0.4, -0.2) is 21.6 Å². The molecule has 3 rings (SSSR count). The summed E-state index contributed by atoms with van der Waals surface area (Å²) in [5.74, 6) is 0.0668. The summed E-state index contributed by atoms with van der Waals surface area (Å²) in [5.41, 5.74) is 3.55. The Morgan fingerprint density at radius 2 is 1.65 bits per heavy atom. The molecule has 1 aromatic heterocycles. The first-order valence-corrected chi connectivity index (χ1v) is 7.68. The standard InChI is InChI=1S/C17H20N4O2/c1-10-15(11(2)21(3)20-10)17(23)19-14-8-6-13(7-9-14)18-16(22)12-4-5-12/h6-9,12H,4-5H2,1-3H3,(H,18,22)(H,19,23). The van der Waals surface area contributed by atoms with Gasteiger partial charge in [-0.1, -0.05) is 0 Å². The molecule has 0 radical (unpaired) electrons. The Morgan fingerprint density at radius 1 is 1.09 bits per heavy atom. The third-order valence-corrected chi connectivity index (χ3v) is 4.09. The maximum absolute atomic E-state index is 12.4. The Kier molecular flexibility index (Phi) is 3.90. The number of aryl methyl sites for hydroxylation is 2. The van der Waals surface area contributed by atoms with Crippen LogP contribution in [0.4, 0.5) is 11.4 Å². The van der Waals surface area contributed by atoms with Gasteiger partial charge in [0.05, 0.1) is 11.3 Å². The minimum atomic E-state index is -0.178. The number of aromatic nitrogens is 2. The van der Waals surface area contributed by atoms with Gasteiger partial charge < -0.3 is 10.6 Å². The predicted octanol–water partition coefficient (Wildman–Crippen LogP) is 2.64. The minimum absolute atomic E-state index is 0.0726. The molecule has 1 aromatic carbocycles. The van der Waals surface area contributed by atoms with Gasteiger partial charge >= 0.3 is 0 Å². The molecule has 6 heteroatoms. The van der Waals surface area contributed by atoms with Crippen LogP contribution in [0.1, 0.15) is 34.6 Å². The number of nitrogens with zero attached hydrogens (tertiary/aromatic N) is 2. The van der Waals surface area contributed by atoms with Crippen molar-refractivity contribution in [2.24, 2.45) is 13.0 Å². The molecule has 2 aromatic rings. The van der Waals surface area contributed by atoms with E-state index >= 15 is 0 Å². The lowest BCUT2D eigenvalue weighted by Crippen LogP contribution is -2.15. The number of benzene rings is 1. The van der Waals surface area contributed by atoms with E-state index in [0.717, 1.165) is 24.2 Å². The van der Waals surface area contributed by atoms with Crippen LogP contribution in [0.5, 0.6) is 0 Å². The van der Waals surface area contributed by atoms with Crippen molar-refractivity contribution >= 4 is 23.2 Å². The van der Waals surface area contributed by atoms with Gasteiger partial charge in [0, 0.05) is 30.0 Å². The van der Waals surface area contributed by atoms with Gasteiger partial charge in [-0.3, -0.25) is 14.3 Å². The lowest BCUT2D eigenvalue weighted by atomic mass is 10.1. The Morgan fingerprint density at radius 3 is 2.13 bits per heavy atom. The fraction of sp³-hybridized carbons (Fsp3) is 0.353. The zero-order chi connectivity index (χ0) is 16.6. The molecule has 0 aliphatic heterocycles. The van der Waals surface area contributed by atoms with E-state index in [-0.39, 0.29) is 17.7 Å². The summed E-state index contributed by atoms with van der Waals surface area (Å²) in [6, 6.07) is 7.14. The SMILES string of the molecule is Cc1nn(C)c(C)c1C(=O)Nc1ccc(NC(=O)C2CC2)cc1. The van der Waals surface area contributed by atoms with Crippen LogP contribution >= 0.6 is 0 Å². The Labute approximate surface area is 134 Å². The van der Waals surface area contributed by atoms with Crippen LogP contribution in [0.2, 0.25) is 0 Å². The highest BCUT2D eigenvalue weighted by molar-refractivity contribution is 6.06. The van der Waals surface area contributed by atoms with Crippen molar-refractivity contribution in [3.8, 4) is 0 Å². The first kappa shape index (κ1) is 15.3. The maximum atomic E-state index is 12.4. The van der Waals surface area contributed by atoms with Crippen molar-refractivity contribution in [2.75, 3.05) is 10.6 Å². The molecule has 0 spiro atoms. The monoisotopic (exact) mass is 312 g/mol. The van der Waals surface area contributed by atoms with Gasteiger partial charge in [-0.15, -0.1) is 0 Å². The Hall–Kier alpha value is -2.63. The number of hydrogen-bond acceptors (Lipinski definition) is 3. The van der Waals surface area contributed by atoms with Crippen LogP contribution in [0.3, 0.4) is 0 Å². The lowest BCUT2D eigenvalue weighted by Gasteiger charge is -2.08. The average molecular weight is 312 g/mol. The normalized spacial score (nSPS) is 13.7. The summed E-state index contributed by atoms with van der Waals surface area (Å²) in [5, 5.41) is 9.99. The molecule has 6 nitrogen and oxygen atoms in total. The van der Waals surface area contributed by atoms with E-state index in [1.807, 2.05) is 20.9 Å². The van der Waals surface area contributed by atoms with E-state index < -0.39 is 0 Å². The smallest absolute Gasteiger partial charge is 0.259 e. The van der Waals surface area contributed by atoms with Crippen LogP contribution < -0.4 is 10.6 Å². The number of amides is 2. The number of rotatable bonds is 4. The van der Waals surface area contributed by atoms with Crippen molar-refractivity contribution in [2.45, 2.75) is 26.7 Å². The fourth-order valence-corrected chi connectivity index (χ4v) is 2.52. The van der Waals surface area contributed by atoms with E-state index in [1.165, 1.54) is 0 Å². The second kappa shape index (κ2) is 5.87. The summed E-state index contributed by atoms with van der Waals surface area (Å²) in [6.45, 7) is 3.68. The maximum Gasteiger partial charge on any atom is 0.259 e. The largest absolute Gasteiger partial charge is 0.326 e. The molecule has 2 amide bonds. The predicted molar refractivity (Wildman–Crippen MR) is 88.4 cm³/mol. The molecular weight excluding hydrogens is 292 g/mol. The molecule has 1 heterocycles. The van der Waals surface area contributed by atoms with Crippen LogP contribution in [0.25, 0.3) is 0 Å². The van der Waals surface area contributed by atoms with Crippen molar-refractivity contribution < 1.29 is 9.59 Å². The molecule has 1 saturated carbocycles. The van der Waals surface area contributed by atoms with Crippen molar-refractivity contribution in [3.63, 3.8) is 0 Å². The highest BCUT2D eigenvalue weighted by atomic mass is 16.2.